The molecule has 1 saturated heterocycles. The molecule has 0 spiro atoms. The largest absolute Gasteiger partial charge is 0.379 e. The standard InChI is InChI=1S/C14H22N4O5/c1-18(2)4-6-23-11-3-5-22-8-10(11)15-13(20)9-7-12(19)17-14(21)16-9/h7,10-11H,3-6,8H2,1-2H3,(H,15,20)(H2,16,17,19,21)/t10-,11+/m0/s1. The molecule has 1 amide bonds. The predicted molar refractivity (Wildman–Crippen MR) is 82.7 cm³/mol. The molecule has 0 aromatic carbocycles. The van der Waals surface area contributed by atoms with E-state index in [1.54, 1.807) is 0 Å². The zero-order valence-electron chi connectivity index (χ0n) is 13.3. The fourth-order valence-electron chi connectivity index (χ4n) is 2.28. The molecule has 128 valence electrons. The van der Waals surface area contributed by atoms with E-state index in [1.165, 1.54) is 0 Å². The van der Waals surface area contributed by atoms with E-state index < -0.39 is 17.2 Å². The van der Waals surface area contributed by atoms with Gasteiger partial charge in [0.05, 0.1) is 25.4 Å². The predicted octanol–water partition coefficient (Wildman–Crippen LogP) is -1.47. The van der Waals surface area contributed by atoms with Crippen LogP contribution < -0.4 is 16.6 Å². The third-order valence-corrected chi connectivity index (χ3v) is 3.48. The summed E-state index contributed by atoms with van der Waals surface area (Å²) in [5.41, 5.74) is -1.43. The molecule has 1 aromatic heterocycles. The summed E-state index contributed by atoms with van der Waals surface area (Å²) in [4.78, 5) is 41.0. The minimum absolute atomic E-state index is 0.0867. The van der Waals surface area contributed by atoms with Gasteiger partial charge in [-0.3, -0.25) is 14.6 Å². The van der Waals surface area contributed by atoms with Gasteiger partial charge >= 0.3 is 5.69 Å². The summed E-state index contributed by atoms with van der Waals surface area (Å²) in [7, 11) is 3.91. The van der Waals surface area contributed by atoms with Crippen LogP contribution in [0.5, 0.6) is 0 Å². The van der Waals surface area contributed by atoms with Crippen molar-refractivity contribution in [2.24, 2.45) is 0 Å². The Hall–Kier alpha value is -1.97. The van der Waals surface area contributed by atoms with E-state index in [9.17, 15) is 14.4 Å². The van der Waals surface area contributed by atoms with Gasteiger partial charge in [0.2, 0.25) is 0 Å². The van der Waals surface area contributed by atoms with Crippen LogP contribution in [0.3, 0.4) is 0 Å². The van der Waals surface area contributed by atoms with Gasteiger partial charge in [-0.1, -0.05) is 0 Å². The van der Waals surface area contributed by atoms with E-state index in [0.29, 0.717) is 26.2 Å². The topological polar surface area (TPSA) is 117 Å². The molecule has 0 radical (unpaired) electrons. The van der Waals surface area contributed by atoms with Crippen molar-refractivity contribution in [3.05, 3.63) is 32.6 Å². The highest BCUT2D eigenvalue weighted by Crippen LogP contribution is 2.12. The first-order valence-electron chi connectivity index (χ1n) is 7.44. The normalized spacial score (nSPS) is 21.3. The van der Waals surface area contributed by atoms with Gasteiger partial charge in [0, 0.05) is 19.2 Å². The maximum Gasteiger partial charge on any atom is 0.326 e. The summed E-state index contributed by atoms with van der Waals surface area (Å²) >= 11 is 0. The first-order valence-corrected chi connectivity index (χ1v) is 7.44. The van der Waals surface area contributed by atoms with Crippen molar-refractivity contribution in [1.82, 2.24) is 20.2 Å². The second kappa shape index (κ2) is 8.04. The first-order chi connectivity index (χ1) is 11.0. The molecule has 2 heterocycles. The summed E-state index contributed by atoms with van der Waals surface area (Å²) in [5.74, 6) is -0.537. The molecular weight excluding hydrogens is 304 g/mol. The molecule has 0 unspecified atom stereocenters. The molecule has 23 heavy (non-hydrogen) atoms. The minimum atomic E-state index is -0.721. The van der Waals surface area contributed by atoms with Crippen molar-refractivity contribution in [2.75, 3.05) is 40.5 Å². The lowest BCUT2D eigenvalue weighted by Crippen LogP contribution is -2.51. The average Bonchev–Trinajstić information content (AvgIpc) is 2.47. The van der Waals surface area contributed by atoms with Crippen molar-refractivity contribution in [3.8, 4) is 0 Å². The number of H-pyrrole nitrogens is 2. The molecule has 1 aromatic rings. The summed E-state index contributed by atoms with van der Waals surface area (Å²) in [6, 6.07) is 0.712. The molecule has 1 fully saturated rings. The lowest BCUT2D eigenvalue weighted by Gasteiger charge is -2.32. The van der Waals surface area contributed by atoms with Crippen LogP contribution in [0, 0.1) is 0 Å². The molecule has 0 aliphatic carbocycles. The van der Waals surface area contributed by atoms with Gasteiger partial charge in [0.15, 0.2) is 0 Å². The van der Waals surface area contributed by atoms with Crippen molar-refractivity contribution in [2.45, 2.75) is 18.6 Å². The number of aromatic amines is 2. The Kier molecular flexibility index (Phi) is 6.08. The Bertz CT molecular complexity index is 610. The van der Waals surface area contributed by atoms with E-state index in [4.69, 9.17) is 9.47 Å². The Morgan fingerprint density at radius 1 is 1.43 bits per heavy atom. The fraction of sp³-hybridized carbons (Fsp3) is 0.643. The second-order valence-electron chi connectivity index (χ2n) is 5.66. The van der Waals surface area contributed by atoms with Gasteiger partial charge in [-0.15, -0.1) is 0 Å². The van der Waals surface area contributed by atoms with Crippen LogP contribution in [0.2, 0.25) is 0 Å². The zero-order valence-corrected chi connectivity index (χ0v) is 13.3. The smallest absolute Gasteiger partial charge is 0.326 e. The zero-order chi connectivity index (χ0) is 16.8. The van der Waals surface area contributed by atoms with Crippen LogP contribution in [0.15, 0.2) is 15.7 Å². The van der Waals surface area contributed by atoms with Crippen molar-refractivity contribution >= 4 is 5.91 Å². The number of hydrogen-bond acceptors (Lipinski definition) is 6. The number of nitrogens with one attached hydrogen (secondary N) is 3. The maximum absolute atomic E-state index is 12.2. The van der Waals surface area contributed by atoms with Gasteiger partial charge in [0.1, 0.15) is 5.69 Å². The Morgan fingerprint density at radius 3 is 2.91 bits per heavy atom. The highest BCUT2D eigenvalue weighted by Gasteiger charge is 2.28. The van der Waals surface area contributed by atoms with Crippen LogP contribution in [0.1, 0.15) is 16.9 Å². The molecule has 2 atom stereocenters. The number of aromatic nitrogens is 2. The van der Waals surface area contributed by atoms with Crippen molar-refractivity contribution in [3.63, 3.8) is 0 Å². The second-order valence-corrected chi connectivity index (χ2v) is 5.66. The van der Waals surface area contributed by atoms with Gasteiger partial charge in [0.25, 0.3) is 11.5 Å². The van der Waals surface area contributed by atoms with E-state index in [-0.39, 0.29) is 17.8 Å². The lowest BCUT2D eigenvalue weighted by molar-refractivity contribution is -0.0562. The van der Waals surface area contributed by atoms with E-state index in [0.717, 1.165) is 12.6 Å². The Morgan fingerprint density at radius 2 is 2.22 bits per heavy atom. The van der Waals surface area contributed by atoms with Crippen molar-refractivity contribution in [1.29, 1.82) is 0 Å². The number of hydrogen-bond donors (Lipinski definition) is 3. The minimum Gasteiger partial charge on any atom is -0.379 e. The maximum atomic E-state index is 12.2. The molecular formula is C14H22N4O5. The molecule has 3 N–H and O–H groups in total. The molecule has 1 aliphatic heterocycles. The molecule has 2 rings (SSSR count). The monoisotopic (exact) mass is 326 g/mol. The summed E-state index contributed by atoms with van der Waals surface area (Å²) in [6.07, 6.45) is 0.506. The van der Waals surface area contributed by atoms with Gasteiger partial charge < -0.3 is 24.7 Å². The van der Waals surface area contributed by atoms with E-state index in [2.05, 4.69) is 10.3 Å². The fourth-order valence-corrected chi connectivity index (χ4v) is 2.28. The van der Waals surface area contributed by atoms with Crippen LogP contribution in [0.4, 0.5) is 0 Å². The SMILES string of the molecule is CN(C)CCO[C@@H]1CCOC[C@@H]1NC(=O)c1cc(=O)[nH]c(=O)[nH]1. The lowest BCUT2D eigenvalue weighted by atomic mass is 10.1. The molecule has 0 bridgehead atoms. The van der Waals surface area contributed by atoms with Gasteiger partial charge in [-0.2, -0.15) is 0 Å². The Labute approximate surface area is 133 Å². The number of carbonyl (C=O) groups excluding carboxylic acids is 1. The molecule has 9 heteroatoms. The quantitative estimate of drug-likeness (QED) is 0.588. The molecule has 0 saturated carbocycles. The first kappa shape index (κ1) is 17.4. The number of amides is 1. The highest BCUT2D eigenvalue weighted by molar-refractivity contribution is 5.92. The van der Waals surface area contributed by atoms with Crippen molar-refractivity contribution < 1.29 is 14.3 Å². The highest BCUT2D eigenvalue weighted by atomic mass is 16.5. The Balaban J connectivity index is 1.98. The summed E-state index contributed by atoms with van der Waals surface area (Å²) in [6.45, 7) is 2.22. The molecule has 9 nitrogen and oxygen atoms in total. The number of ether oxygens (including phenoxy) is 2. The number of likely N-dealkylation sites (N-methyl/N-ethyl adjacent to an activating group) is 1. The van der Waals surface area contributed by atoms with E-state index >= 15 is 0 Å². The summed E-state index contributed by atoms with van der Waals surface area (Å²) in [5, 5.41) is 2.75. The van der Waals surface area contributed by atoms with E-state index in [1.807, 2.05) is 24.0 Å². The number of nitrogens with zero attached hydrogens (tertiary/aromatic N) is 1. The average molecular weight is 326 g/mol. The number of rotatable bonds is 6. The van der Waals surface area contributed by atoms with Gasteiger partial charge in [-0.05, 0) is 20.5 Å². The summed E-state index contributed by atoms with van der Waals surface area (Å²) < 4.78 is 11.2. The molecule has 1 aliphatic rings. The van der Waals surface area contributed by atoms with Gasteiger partial charge in [-0.25, -0.2) is 4.79 Å². The third-order valence-electron chi connectivity index (χ3n) is 3.48. The third kappa shape index (κ3) is 5.31. The van der Waals surface area contributed by atoms with Crippen LogP contribution in [0.25, 0.3) is 0 Å². The number of carbonyl (C=O) groups is 1. The van der Waals surface area contributed by atoms with Crippen LogP contribution in [-0.2, 0) is 9.47 Å². The van der Waals surface area contributed by atoms with Crippen LogP contribution >= 0.6 is 0 Å². The van der Waals surface area contributed by atoms with Crippen LogP contribution in [-0.4, -0.2) is 73.4 Å².